The molecule has 1 N–H and O–H groups in total. The van der Waals surface area contributed by atoms with Gasteiger partial charge < -0.3 is 10.1 Å². The van der Waals surface area contributed by atoms with E-state index in [2.05, 4.69) is 14.9 Å². The minimum absolute atomic E-state index is 0.182. The van der Waals surface area contributed by atoms with Gasteiger partial charge in [0.05, 0.1) is 7.11 Å². The van der Waals surface area contributed by atoms with Crippen molar-refractivity contribution in [1.29, 1.82) is 0 Å². The number of carbonyl (C=O) groups excluding carboxylic acids is 2. The van der Waals surface area contributed by atoms with Gasteiger partial charge in [-0.15, -0.1) is 5.10 Å². The minimum atomic E-state index is -0.901. The Labute approximate surface area is 186 Å². The average molecular weight is 439 g/mol. The monoisotopic (exact) mass is 438 g/mol. The molecule has 3 aromatic rings. The number of rotatable bonds is 6. The zero-order valence-electron chi connectivity index (χ0n) is 18.2. The van der Waals surface area contributed by atoms with E-state index in [1.807, 2.05) is 52.0 Å². The molecule has 0 aliphatic carbocycles. The second kappa shape index (κ2) is 9.26. The van der Waals surface area contributed by atoms with Gasteiger partial charge in [-0.25, -0.2) is 0 Å². The van der Waals surface area contributed by atoms with Gasteiger partial charge in [0.15, 0.2) is 5.69 Å². The summed E-state index contributed by atoms with van der Waals surface area (Å²) in [7, 11) is 1.57. The predicted molar refractivity (Wildman–Crippen MR) is 122 cm³/mol. The molecule has 0 aliphatic rings. The van der Waals surface area contributed by atoms with E-state index >= 15 is 0 Å². The van der Waals surface area contributed by atoms with Crippen LogP contribution in [0.15, 0.2) is 53.9 Å². The first-order chi connectivity index (χ1) is 14.7. The summed E-state index contributed by atoms with van der Waals surface area (Å²) in [5.74, 6) is -0.0438. The van der Waals surface area contributed by atoms with Crippen LogP contribution in [-0.2, 0) is 4.79 Å². The molecule has 2 amide bonds. The number of ether oxygens (including phenoxy) is 1. The van der Waals surface area contributed by atoms with Gasteiger partial charge in [0.1, 0.15) is 11.8 Å². The third kappa shape index (κ3) is 5.46. The molecule has 0 aliphatic heterocycles. The molecule has 7 nitrogen and oxygen atoms in total. The van der Waals surface area contributed by atoms with E-state index in [0.717, 1.165) is 17.1 Å². The van der Waals surface area contributed by atoms with Crippen LogP contribution in [0.4, 0.5) is 5.69 Å². The van der Waals surface area contributed by atoms with Gasteiger partial charge in [-0.3, -0.25) is 14.5 Å². The molecule has 0 radical (unpaired) electrons. The van der Waals surface area contributed by atoms with Gasteiger partial charge in [-0.05, 0) is 69.1 Å². The van der Waals surface area contributed by atoms with E-state index in [4.69, 9.17) is 4.74 Å². The number of amides is 2. The molecular formula is C23H26N4O3S. The SMILES string of the molecule is COc1ccc(N(C(=O)c2csnn2)[C@H](C(=O)NC(C)(C)C)c2cccc(C)c2)cc1. The summed E-state index contributed by atoms with van der Waals surface area (Å²) in [6.07, 6.45) is 0. The molecule has 1 heterocycles. The number of anilines is 1. The van der Waals surface area contributed by atoms with Crippen molar-refractivity contribution in [3.8, 4) is 5.75 Å². The Hall–Kier alpha value is -3.26. The van der Waals surface area contributed by atoms with Crippen LogP contribution < -0.4 is 15.0 Å². The Morgan fingerprint density at radius 2 is 1.84 bits per heavy atom. The van der Waals surface area contributed by atoms with Crippen LogP contribution in [-0.4, -0.2) is 34.1 Å². The van der Waals surface area contributed by atoms with Crippen LogP contribution >= 0.6 is 11.5 Å². The smallest absolute Gasteiger partial charge is 0.280 e. The van der Waals surface area contributed by atoms with E-state index in [0.29, 0.717) is 17.0 Å². The van der Waals surface area contributed by atoms with Gasteiger partial charge in [0.2, 0.25) is 5.91 Å². The largest absolute Gasteiger partial charge is 0.497 e. The highest BCUT2D eigenvalue weighted by Crippen LogP contribution is 2.31. The molecule has 8 heteroatoms. The lowest BCUT2D eigenvalue weighted by Crippen LogP contribution is -2.49. The summed E-state index contributed by atoms with van der Waals surface area (Å²) in [6.45, 7) is 7.67. The third-order valence-corrected chi connectivity index (χ3v) is 5.02. The fourth-order valence-electron chi connectivity index (χ4n) is 3.20. The molecule has 2 aromatic carbocycles. The molecule has 0 fully saturated rings. The maximum Gasteiger partial charge on any atom is 0.280 e. The summed E-state index contributed by atoms with van der Waals surface area (Å²) in [5.41, 5.74) is 1.95. The summed E-state index contributed by atoms with van der Waals surface area (Å²) < 4.78 is 9.07. The van der Waals surface area contributed by atoms with Crippen molar-refractivity contribution >= 4 is 29.0 Å². The number of carbonyl (C=O) groups is 2. The zero-order valence-corrected chi connectivity index (χ0v) is 19.1. The Morgan fingerprint density at radius 3 is 2.39 bits per heavy atom. The zero-order chi connectivity index (χ0) is 22.6. The second-order valence-electron chi connectivity index (χ2n) is 8.22. The molecule has 3 rings (SSSR count). The van der Waals surface area contributed by atoms with Crippen LogP contribution in [0.25, 0.3) is 0 Å². The van der Waals surface area contributed by atoms with Crippen LogP contribution in [0.3, 0.4) is 0 Å². The number of benzene rings is 2. The number of aryl methyl sites for hydroxylation is 1. The quantitative estimate of drug-likeness (QED) is 0.625. The van der Waals surface area contributed by atoms with Crippen LogP contribution in [0, 0.1) is 6.92 Å². The highest BCUT2D eigenvalue weighted by atomic mass is 32.1. The van der Waals surface area contributed by atoms with E-state index in [1.165, 1.54) is 4.90 Å². The number of aromatic nitrogens is 2. The van der Waals surface area contributed by atoms with E-state index in [-0.39, 0.29) is 11.6 Å². The summed E-state index contributed by atoms with van der Waals surface area (Å²) >= 11 is 1.09. The molecule has 1 aromatic heterocycles. The van der Waals surface area contributed by atoms with Crippen molar-refractivity contribution in [2.75, 3.05) is 12.0 Å². The summed E-state index contributed by atoms with van der Waals surface area (Å²) in [4.78, 5) is 28.5. The van der Waals surface area contributed by atoms with E-state index in [1.54, 1.807) is 36.8 Å². The Balaban J connectivity index is 2.17. The third-order valence-electron chi connectivity index (χ3n) is 4.51. The Bertz CT molecular complexity index is 1040. The van der Waals surface area contributed by atoms with Gasteiger partial charge >= 0.3 is 0 Å². The maximum atomic E-state index is 13.5. The van der Waals surface area contributed by atoms with Crippen molar-refractivity contribution in [2.24, 2.45) is 0 Å². The fourth-order valence-corrected chi connectivity index (χ4v) is 3.63. The van der Waals surface area contributed by atoms with Crippen molar-refractivity contribution in [3.05, 3.63) is 70.7 Å². The van der Waals surface area contributed by atoms with Gasteiger partial charge in [-0.2, -0.15) is 0 Å². The standard InChI is InChI=1S/C23H26N4O3S/c1-15-7-6-8-16(13-15)20(21(28)24-23(2,3)4)27(22(29)19-14-31-26-25-19)17-9-11-18(30-5)12-10-17/h6-14,20H,1-5H3,(H,24,28)/t20-/m0/s1. The predicted octanol–water partition coefficient (Wildman–Crippen LogP) is 4.16. The number of hydrogen-bond donors (Lipinski definition) is 1. The van der Waals surface area contributed by atoms with E-state index < -0.39 is 17.5 Å². The topological polar surface area (TPSA) is 84.4 Å². The molecule has 0 unspecified atom stereocenters. The molecular weight excluding hydrogens is 412 g/mol. The van der Waals surface area contributed by atoms with E-state index in [9.17, 15) is 9.59 Å². The minimum Gasteiger partial charge on any atom is -0.497 e. The van der Waals surface area contributed by atoms with Crippen molar-refractivity contribution in [1.82, 2.24) is 14.9 Å². The lowest BCUT2D eigenvalue weighted by atomic mass is 9.99. The lowest BCUT2D eigenvalue weighted by molar-refractivity contribution is -0.123. The average Bonchev–Trinajstić information content (AvgIpc) is 3.25. The fraction of sp³-hybridized carbons (Fsp3) is 0.304. The molecule has 0 bridgehead atoms. The maximum absolute atomic E-state index is 13.5. The highest BCUT2D eigenvalue weighted by molar-refractivity contribution is 7.03. The van der Waals surface area contributed by atoms with Gasteiger partial charge in [0, 0.05) is 16.6 Å². The van der Waals surface area contributed by atoms with Crippen molar-refractivity contribution < 1.29 is 14.3 Å². The Kier molecular flexibility index (Phi) is 6.70. The first-order valence-corrected chi connectivity index (χ1v) is 10.7. The Morgan fingerprint density at radius 1 is 1.13 bits per heavy atom. The highest BCUT2D eigenvalue weighted by Gasteiger charge is 2.35. The molecule has 0 saturated heterocycles. The van der Waals surface area contributed by atoms with Crippen molar-refractivity contribution in [2.45, 2.75) is 39.3 Å². The molecule has 31 heavy (non-hydrogen) atoms. The number of nitrogens with one attached hydrogen (secondary N) is 1. The van der Waals surface area contributed by atoms with Crippen molar-refractivity contribution in [3.63, 3.8) is 0 Å². The normalized spacial score (nSPS) is 12.2. The summed E-state index contributed by atoms with van der Waals surface area (Å²) in [6, 6.07) is 13.7. The number of hydrogen-bond acceptors (Lipinski definition) is 6. The number of nitrogens with zero attached hydrogens (tertiary/aromatic N) is 3. The molecule has 0 saturated carbocycles. The second-order valence-corrected chi connectivity index (χ2v) is 8.83. The first kappa shape index (κ1) is 22.4. The lowest BCUT2D eigenvalue weighted by Gasteiger charge is -2.33. The van der Waals surface area contributed by atoms with Gasteiger partial charge in [-0.1, -0.05) is 34.3 Å². The first-order valence-electron chi connectivity index (χ1n) is 9.83. The molecule has 1 atom stereocenters. The molecule has 162 valence electrons. The van der Waals surface area contributed by atoms with Crippen LogP contribution in [0.5, 0.6) is 5.75 Å². The van der Waals surface area contributed by atoms with Crippen LogP contribution in [0.2, 0.25) is 0 Å². The van der Waals surface area contributed by atoms with Crippen LogP contribution in [0.1, 0.15) is 48.4 Å². The molecule has 0 spiro atoms. The van der Waals surface area contributed by atoms with Gasteiger partial charge in [0.25, 0.3) is 5.91 Å². The number of methoxy groups -OCH3 is 1. The summed E-state index contributed by atoms with van der Waals surface area (Å²) in [5, 5.41) is 8.54.